The van der Waals surface area contributed by atoms with Crippen LogP contribution in [0.1, 0.15) is 158 Å². The van der Waals surface area contributed by atoms with Crippen LogP contribution in [0.15, 0.2) is 0 Å². The van der Waals surface area contributed by atoms with Gasteiger partial charge in [0.2, 0.25) is 0 Å². The molecule has 0 saturated carbocycles. The fourth-order valence-corrected chi connectivity index (χ4v) is 10.8. The minimum Gasteiger partial charge on any atom is -0.456 e. The van der Waals surface area contributed by atoms with Crippen molar-refractivity contribution in [2.75, 3.05) is 6.61 Å². The van der Waals surface area contributed by atoms with Crippen LogP contribution in [0.4, 0.5) is 0 Å². The Hall–Kier alpha value is -2.15. The summed E-state index contributed by atoms with van der Waals surface area (Å²) < 4.78 is 75.4. The Morgan fingerprint density at radius 3 is 1.28 bits per heavy atom. The van der Waals surface area contributed by atoms with E-state index >= 15 is 0 Å². The van der Waals surface area contributed by atoms with Crippen LogP contribution in [0.25, 0.3) is 0 Å². The summed E-state index contributed by atoms with van der Waals surface area (Å²) >= 11 is 0. The third-order valence-electron chi connectivity index (χ3n) is 14.2. The number of fused-ring (bicyclic) bond motifs is 4. The molecular weight excluding hydrogens is 969 g/mol. The van der Waals surface area contributed by atoms with E-state index in [1.165, 1.54) is 20.8 Å². The van der Waals surface area contributed by atoms with Crippen LogP contribution >= 0.6 is 0 Å². The minimum atomic E-state index is -1.10. The van der Waals surface area contributed by atoms with Crippen molar-refractivity contribution in [2.45, 2.75) is 297 Å². The lowest BCUT2D eigenvalue weighted by atomic mass is 9.88. The lowest BCUT2D eigenvalue weighted by Gasteiger charge is -2.49. The first-order valence-electron chi connectivity index (χ1n) is 27.1. The molecule has 74 heavy (non-hydrogen) atoms. The third kappa shape index (κ3) is 16.2. The first-order valence-corrected chi connectivity index (χ1v) is 27.1. The molecule has 7 aliphatic heterocycles. The first-order chi connectivity index (χ1) is 34.2. The molecular formula is C54H96O20. The van der Waals surface area contributed by atoms with E-state index in [1.54, 1.807) is 0 Å². The largest absolute Gasteiger partial charge is 0.456 e. The summed E-state index contributed by atoms with van der Waals surface area (Å²) in [5.41, 5.74) is 0. The van der Waals surface area contributed by atoms with Gasteiger partial charge in [-0.25, -0.2) is 0 Å². The van der Waals surface area contributed by atoms with Crippen LogP contribution in [-0.4, -0.2) is 184 Å². The molecule has 0 spiro atoms. The van der Waals surface area contributed by atoms with E-state index in [4.69, 9.17) is 61.6 Å². The summed E-state index contributed by atoms with van der Waals surface area (Å²) in [7, 11) is 0. The number of ether oxygens (including phenoxy) is 13. The lowest BCUT2D eigenvalue weighted by Crippen LogP contribution is -2.64. The third-order valence-corrected chi connectivity index (χ3v) is 14.2. The van der Waals surface area contributed by atoms with E-state index in [0.29, 0.717) is 31.3 Å². The Labute approximate surface area is 440 Å². The van der Waals surface area contributed by atoms with Crippen molar-refractivity contribution in [1.82, 2.24) is 0 Å². The summed E-state index contributed by atoms with van der Waals surface area (Å²) in [6, 6.07) is 0. The van der Waals surface area contributed by atoms with Gasteiger partial charge in [0.25, 0.3) is 0 Å². The second-order valence-corrected chi connectivity index (χ2v) is 23.4. The maximum atomic E-state index is 11.5. The first kappa shape index (κ1) is 64.4. The molecule has 7 rings (SSSR count). The van der Waals surface area contributed by atoms with Gasteiger partial charge in [0.05, 0.1) is 43.2 Å². The van der Waals surface area contributed by atoms with Gasteiger partial charge in [0, 0.05) is 20.8 Å². The van der Waals surface area contributed by atoms with Gasteiger partial charge in [0.1, 0.15) is 67.1 Å². The maximum absolute atomic E-state index is 11.5. The summed E-state index contributed by atoms with van der Waals surface area (Å²) in [6.45, 7) is 37.8. The number of hydrogen-bond acceptors (Lipinski definition) is 20. The van der Waals surface area contributed by atoms with E-state index in [-0.39, 0.29) is 72.9 Å². The van der Waals surface area contributed by atoms with E-state index in [0.717, 1.165) is 6.42 Å². The number of hydrogen-bond donors (Lipinski definition) is 4. The number of rotatable bonds is 10. The summed E-state index contributed by atoms with van der Waals surface area (Å²) in [4.78, 5) is 34.4. The monoisotopic (exact) mass is 1060 g/mol. The van der Waals surface area contributed by atoms with Crippen LogP contribution < -0.4 is 0 Å². The summed E-state index contributed by atoms with van der Waals surface area (Å²) in [5.74, 6) is -2.54. The van der Waals surface area contributed by atoms with Crippen molar-refractivity contribution < 1.29 is 96.4 Å². The molecule has 0 amide bonds. The average molecular weight is 1070 g/mol. The van der Waals surface area contributed by atoms with Crippen molar-refractivity contribution in [3.63, 3.8) is 0 Å². The van der Waals surface area contributed by atoms with E-state index in [9.17, 15) is 34.8 Å². The SMILES string of the molecule is CC(C)C1OC2COC(C)(C)OC2C2OC(C)(C)OC12.CCC1OC(C(C)C)C(O)C(O)C1O.CCC1OC(C(C)C)C(OC(C)=O)C(OC(C)=O)C1OC(C)=O.CCC1OC(C(C)C)C2OC(C)(C)OC2C1O. The Kier molecular flexibility index (Phi) is 23.2. The van der Waals surface area contributed by atoms with Gasteiger partial charge in [-0.2, -0.15) is 0 Å². The normalized spacial score (nSPS) is 40.7. The Morgan fingerprint density at radius 1 is 0.432 bits per heavy atom. The molecule has 20 atom stereocenters. The van der Waals surface area contributed by atoms with Crippen LogP contribution in [0.2, 0.25) is 0 Å². The molecule has 0 aliphatic carbocycles. The summed E-state index contributed by atoms with van der Waals surface area (Å²) in [6.07, 6.45) is -6.88. The molecule has 4 N–H and O–H groups in total. The van der Waals surface area contributed by atoms with Gasteiger partial charge in [-0.05, 0) is 84.5 Å². The molecule has 0 bridgehead atoms. The maximum Gasteiger partial charge on any atom is 0.303 e. The van der Waals surface area contributed by atoms with Crippen LogP contribution in [0.3, 0.4) is 0 Å². The predicted octanol–water partition coefficient (Wildman–Crippen LogP) is 5.30. The number of carbonyl (C=O) groups is 3. The smallest absolute Gasteiger partial charge is 0.303 e. The van der Waals surface area contributed by atoms with E-state index in [2.05, 4.69) is 27.7 Å². The van der Waals surface area contributed by atoms with Gasteiger partial charge in [0.15, 0.2) is 35.7 Å². The Balaban J connectivity index is 0.000000217. The van der Waals surface area contributed by atoms with Gasteiger partial charge in [-0.3, -0.25) is 14.4 Å². The molecule has 7 fully saturated rings. The van der Waals surface area contributed by atoms with Crippen LogP contribution in [-0.2, 0) is 76.0 Å². The van der Waals surface area contributed by atoms with Crippen molar-refractivity contribution in [3.05, 3.63) is 0 Å². The average Bonchev–Trinajstić information content (AvgIpc) is 3.80. The standard InChI is InChI=1S/C16H26O7.C15H26O5.C13H24O4.C10H20O4/c1-7-12-14(20-9(4)17)16(22-11(6)19)15(21-10(5)18)13(23-12)8(2)3;1-8(2)10-12-13(20-15(5,6)19-12)11-9(17-10)7-16-14(3,4)18-11;1-6-8-9(14)11-12(10(15-8)7(2)3)17-13(4,5)16-11;1-4-6-7(11)8(12)9(13)10(14-6)5(2)3/h8,12-16H,7H2,1-6H3;8-13H,7H2,1-6H3;7-12,14H,6H2,1-5H3;5-13H,4H2,1-3H3. The number of aliphatic hydroxyl groups is 4. The molecule has 7 aliphatic rings. The van der Waals surface area contributed by atoms with Crippen LogP contribution in [0.5, 0.6) is 0 Å². The molecule has 20 unspecified atom stereocenters. The minimum absolute atomic E-state index is 0.00451. The van der Waals surface area contributed by atoms with Gasteiger partial charge in [-0.1, -0.05) is 76.2 Å². The van der Waals surface area contributed by atoms with Crippen molar-refractivity contribution in [2.24, 2.45) is 23.7 Å². The molecule has 432 valence electrons. The Morgan fingerprint density at radius 2 is 0.811 bits per heavy atom. The molecule has 7 saturated heterocycles. The zero-order valence-corrected chi connectivity index (χ0v) is 48.0. The second-order valence-electron chi connectivity index (χ2n) is 23.4. The molecule has 0 aromatic rings. The highest BCUT2D eigenvalue weighted by Crippen LogP contribution is 2.44. The fourth-order valence-electron chi connectivity index (χ4n) is 10.8. The van der Waals surface area contributed by atoms with Gasteiger partial charge >= 0.3 is 17.9 Å². The number of esters is 3. The zero-order valence-electron chi connectivity index (χ0n) is 48.0. The van der Waals surface area contributed by atoms with Crippen molar-refractivity contribution in [1.29, 1.82) is 0 Å². The van der Waals surface area contributed by atoms with Crippen LogP contribution in [0, 0.1) is 23.7 Å². The highest BCUT2D eigenvalue weighted by Gasteiger charge is 2.59. The van der Waals surface area contributed by atoms with Crippen molar-refractivity contribution in [3.8, 4) is 0 Å². The predicted molar refractivity (Wildman–Crippen MR) is 268 cm³/mol. The quantitative estimate of drug-likeness (QED) is 0.160. The Bertz CT molecular complexity index is 1770. The molecule has 7 heterocycles. The van der Waals surface area contributed by atoms with Gasteiger partial charge < -0.3 is 82.0 Å². The highest BCUT2D eigenvalue weighted by molar-refractivity contribution is 5.68. The lowest BCUT2D eigenvalue weighted by molar-refractivity contribution is -0.350. The second kappa shape index (κ2) is 26.7. The van der Waals surface area contributed by atoms with E-state index < -0.39 is 96.3 Å². The number of aliphatic hydroxyl groups excluding tert-OH is 4. The topological polar surface area (TPSA) is 252 Å². The molecule has 20 nitrogen and oxygen atoms in total. The molecule has 20 heteroatoms. The zero-order chi connectivity index (χ0) is 56.1. The molecule has 0 aromatic carbocycles. The molecule has 0 radical (unpaired) electrons. The molecule has 0 aromatic heterocycles. The summed E-state index contributed by atoms with van der Waals surface area (Å²) in [5, 5.41) is 39.1. The van der Waals surface area contributed by atoms with E-state index in [1.807, 2.05) is 90.0 Å². The fraction of sp³-hybridized carbons (Fsp3) is 0.944. The van der Waals surface area contributed by atoms with Gasteiger partial charge in [-0.15, -0.1) is 0 Å². The number of carbonyl (C=O) groups excluding carboxylic acids is 3. The highest BCUT2D eigenvalue weighted by atomic mass is 16.8. The van der Waals surface area contributed by atoms with Crippen molar-refractivity contribution >= 4 is 17.9 Å².